The second-order valence-corrected chi connectivity index (χ2v) is 7.73. The van der Waals surface area contributed by atoms with Crippen molar-refractivity contribution >= 4 is 17.2 Å². The highest BCUT2D eigenvalue weighted by Gasteiger charge is 2.22. The van der Waals surface area contributed by atoms with Crippen molar-refractivity contribution in [1.29, 1.82) is 0 Å². The molecule has 142 valence electrons. The second-order valence-electron chi connectivity index (χ2n) is 7.73. The third-order valence-corrected chi connectivity index (χ3v) is 4.40. The number of anilines is 1. The van der Waals surface area contributed by atoms with Crippen molar-refractivity contribution in [2.24, 2.45) is 0 Å². The molecule has 3 heterocycles. The topological polar surface area (TPSA) is 85.3 Å². The van der Waals surface area contributed by atoms with Gasteiger partial charge < -0.3 is 14.2 Å². The quantitative estimate of drug-likeness (QED) is 0.579. The van der Waals surface area contributed by atoms with Crippen molar-refractivity contribution in [1.82, 2.24) is 19.5 Å². The van der Waals surface area contributed by atoms with E-state index in [1.54, 1.807) is 18.3 Å². The van der Waals surface area contributed by atoms with Crippen LogP contribution in [0.4, 0.5) is 5.69 Å². The SMILES string of the molecule is Cc1cccc2nc(C(=O)Nc3ccc(-c4noc(C(C)(C)C)n4)cc3)cn12. The summed E-state index contributed by atoms with van der Waals surface area (Å²) in [5.41, 5.74) is 3.41. The molecule has 4 rings (SSSR count). The average molecular weight is 375 g/mol. The second kappa shape index (κ2) is 6.60. The highest BCUT2D eigenvalue weighted by atomic mass is 16.5. The number of fused-ring (bicyclic) bond motifs is 1. The number of nitrogens with zero attached hydrogens (tertiary/aromatic N) is 4. The van der Waals surface area contributed by atoms with Gasteiger partial charge in [0, 0.05) is 28.6 Å². The van der Waals surface area contributed by atoms with E-state index in [1.165, 1.54) is 0 Å². The van der Waals surface area contributed by atoms with E-state index >= 15 is 0 Å². The summed E-state index contributed by atoms with van der Waals surface area (Å²) in [5, 5.41) is 6.91. The standard InChI is InChI=1S/C21H21N5O2/c1-13-6-5-7-17-23-16(12-26(13)17)19(27)22-15-10-8-14(9-11-15)18-24-20(28-25-18)21(2,3)4/h5-12H,1-4H3,(H,22,27). The Morgan fingerprint density at radius 3 is 2.46 bits per heavy atom. The Morgan fingerprint density at radius 1 is 1.07 bits per heavy atom. The number of aryl methyl sites for hydroxylation is 1. The lowest BCUT2D eigenvalue weighted by molar-refractivity contribution is 0.102. The van der Waals surface area contributed by atoms with Crippen LogP contribution in [0, 0.1) is 6.92 Å². The van der Waals surface area contributed by atoms with Gasteiger partial charge in [0.2, 0.25) is 11.7 Å². The predicted molar refractivity (Wildman–Crippen MR) is 106 cm³/mol. The lowest BCUT2D eigenvalue weighted by Gasteiger charge is -2.10. The van der Waals surface area contributed by atoms with E-state index in [-0.39, 0.29) is 11.3 Å². The average Bonchev–Trinajstić information content (AvgIpc) is 3.30. The molecule has 0 radical (unpaired) electrons. The van der Waals surface area contributed by atoms with Crippen molar-refractivity contribution in [2.75, 3.05) is 5.32 Å². The molecular formula is C21H21N5O2. The molecule has 7 heteroatoms. The van der Waals surface area contributed by atoms with Gasteiger partial charge in [-0.25, -0.2) is 4.98 Å². The monoisotopic (exact) mass is 375 g/mol. The molecule has 1 aromatic carbocycles. The zero-order valence-electron chi connectivity index (χ0n) is 16.2. The van der Waals surface area contributed by atoms with Crippen LogP contribution in [0.15, 0.2) is 53.2 Å². The molecule has 4 aromatic rings. The van der Waals surface area contributed by atoms with Crippen molar-refractivity contribution < 1.29 is 9.32 Å². The zero-order valence-corrected chi connectivity index (χ0v) is 16.2. The van der Waals surface area contributed by atoms with Gasteiger partial charge in [-0.3, -0.25) is 4.79 Å². The molecule has 28 heavy (non-hydrogen) atoms. The number of aromatic nitrogens is 4. The van der Waals surface area contributed by atoms with E-state index in [9.17, 15) is 4.79 Å². The maximum absolute atomic E-state index is 12.5. The van der Waals surface area contributed by atoms with Crippen LogP contribution >= 0.6 is 0 Å². The van der Waals surface area contributed by atoms with E-state index < -0.39 is 0 Å². The van der Waals surface area contributed by atoms with Crippen LogP contribution in [0.25, 0.3) is 17.0 Å². The molecule has 0 bridgehead atoms. The molecule has 0 saturated carbocycles. The largest absolute Gasteiger partial charge is 0.338 e. The van der Waals surface area contributed by atoms with Crippen LogP contribution in [-0.4, -0.2) is 25.4 Å². The summed E-state index contributed by atoms with van der Waals surface area (Å²) < 4.78 is 7.22. The molecule has 7 nitrogen and oxygen atoms in total. The van der Waals surface area contributed by atoms with E-state index in [0.29, 0.717) is 23.1 Å². The summed E-state index contributed by atoms with van der Waals surface area (Å²) >= 11 is 0. The Bertz CT molecular complexity index is 1150. The molecule has 0 unspecified atom stereocenters. The normalized spacial score (nSPS) is 11.7. The number of benzene rings is 1. The lowest BCUT2D eigenvalue weighted by Crippen LogP contribution is -2.12. The molecular weight excluding hydrogens is 354 g/mol. The lowest BCUT2D eigenvalue weighted by atomic mass is 9.97. The minimum absolute atomic E-state index is 0.203. The van der Waals surface area contributed by atoms with Gasteiger partial charge >= 0.3 is 0 Å². The van der Waals surface area contributed by atoms with Crippen LogP contribution in [-0.2, 0) is 5.41 Å². The Kier molecular flexibility index (Phi) is 4.22. The smallest absolute Gasteiger partial charge is 0.275 e. The first-order valence-corrected chi connectivity index (χ1v) is 9.02. The fourth-order valence-corrected chi connectivity index (χ4v) is 2.80. The van der Waals surface area contributed by atoms with Crippen molar-refractivity contribution in [3.05, 3.63) is 65.9 Å². The Hall–Kier alpha value is -3.48. The van der Waals surface area contributed by atoms with Gasteiger partial charge in [0.1, 0.15) is 11.3 Å². The van der Waals surface area contributed by atoms with Gasteiger partial charge in [-0.05, 0) is 43.3 Å². The van der Waals surface area contributed by atoms with Crippen LogP contribution in [0.3, 0.4) is 0 Å². The minimum Gasteiger partial charge on any atom is -0.338 e. The molecule has 0 aliphatic heterocycles. The molecule has 0 fully saturated rings. The fourth-order valence-electron chi connectivity index (χ4n) is 2.80. The number of pyridine rings is 1. The first-order chi connectivity index (χ1) is 13.3. The number of amides is 1. The summed E-state index contributed by atoms with van der Waals surface area (Å²) in [7, 11) is 0. The molecule has 0 atom stereocenters. The van der Waals surface area contributed by atoms with E-state index in [0.717, 1.165) is 16.9 Å². The number of imidazole rings is 1. The van der Waals surface area contributed by atoms with Gasteiger partial charge in [-0.1, -0.05) is 32.0 Å². The summed E-state index contributed by atoms with van der Waals surface area (Å²) in [6, 6.07) is 13.1. The molecule has 3 aromatic heterocycles. The first-order valence-electron chi connectivity index (χ1n) is 9.02. The minimum atomic E-state index is -0.259. The van der Waals surface area contributed by atoms with Crippen molar-refractivity contribution in [2.45, 2.75) is 33.1 Å². The Labute approximate surface area is 162 Å². The Balaban J connectivity index is 1.51. The number of hydrogen-bond donors (Lipinski definition) is 1. The molecule has 0 spiro atoms. The zero-order chi connectivity index (χ0) is 19.9. The number of carbonyl (C=O) groups is 1. The highest BCUT2D eigenvalue weighted by molar-refractivity contribution is 6.03. The molecule has 0 aliphatic rings. The van der Waals surface area contributed by atoms with Crippen LogP contribution in [0.5, 0.6) is 0 Å². The summed E-state index contributed by atoms with van der Waals surface area (Å²) in [6.07, 6.45) is 1.74. The number of carbonyl (C=O) groups excluding carboxylic acids is 1. The number of rotatable bonds is 3. The van der Waals surface area contributed by atoms with E-state index in [4.69, 9.17) is 4.52 Å². The molecule has 1 N–H and O–H groups in total. The van der Waals surface area contributed by atoms with Gasteiger partial charge in [0.05, 0.1) is 0 Å². The third-order valence-electron chi connectivity index (χ3n) is 4.40. The van der Waals surface area contributed by atoms with Gasteiger partial charge in [-0.2, -0.15) is 4.98 Å². The Morgan fingerprint density at radius 2 is 1.82 bits per heavy atom. The van der Waals surface area contributed by atoms with E-state index in [2.05, 4.69) is 20.4 Å². The van der Waals surface area contributed by atoms with Crippen molar-refractivity contribution in [3.8, 4) is 11.4 Å². The maximum atomic E-state index is 12.5. The summed E-state index contributed by atoms with van der Waals surface area (Å²) in [4.78, 5) is 21.4. The maximum Gasteiger partial charge on any atom is 0.275 e. The molecule has 0 saturated heterocycles. The number of hydrogen-bond acceptors (Lipinski definition) is 5. The fraction of sp³-hybridized carbons (Fsp3) is 0.238. The van der Waals surface area contributed by atoms with E-state index in [1.807, 2.05) is 62.4 Å². The number of nitrogens with one attached hydrogen (secondary N) is 1. The summed E-state index contributed by atoms with van der Waals surface area (Å²) in [5.74, 6) is 0.853. The van der Waals surface area contributed by atoms with Crippen LogP contribution in [0.1, 0.15) is 42.8 Å². The van der Waals surface area contributed by atoms with Crippen molar-refractivity contribution in [3.63, 3.8) is 0 Å². The van der Waals surface area contributed by atoms with Gasteiger partial charge in [0.15, 0.2) is 0 Å². The third kappa shape index (κ3) is 3.38. The van der Waals surface area contributed by atoms with Gasteiger partial charge in [-0.15, -0.1) is 0 Å². The first kappa shape index (κ1) is 17.9. The van der Waals surface area contributed by atoms with Crippen LogP contribution < -0.4 is 5.32 Å². The molecule has 1 amide bonds. The predicted octanol–water partition coefficient (Wildman–Crippen LogP) is 4.24. The molecule has 0 aliphatic carbocycles. The van der Waals surface area contributed by atoms with Crippen LogP contribution in [0.2, 0.25) is 0 Å². The van der Waals surface area contributed by atoms with Gasteiger partial charge in [0.25, 0.3) is 5.91 Å². The summed E-state index contributed by atoms with van der Waals surface area (Å²) in [6.45, 7) is 8.02. The highest BCUT2D eigenvalue weighted by Crippen LogP contribution is 2.24.